The summed E-state index contributed by atoms with van der Waals surface area (Å²) in [4.78, 5) is 25.8. The fourth-order valence-corrected chi connectivity index (χ4v) is 1.72. The number of aliphatic carboxylic acids is 1. The van der Waals surface area contributed by atoms with Gasteiger partial charge in [0.1, 0.15) is 0 Å². The number of carboxylic acids is 1. The van der Waals surface area contributed by atoms with E-state index in [0.29, 0.717) is 19.5 Å². The summed E-state index contributed by atoms with van der Waals surface area (Å²) in [5, 5.41) is 8.56. The summed E-state index contributed by atoms with van der Waals surface area (Å²) in [5.74, 6) is -0.603. The molecular formula is C10H18N2O3. The fraction of sp³-hybridized carbons (Fsp3) is 0.800. The van der Waals surface area contributed by atoms with Gasteiger partial charge in [0.15, 0.2) is 0 Å². The second-order valence-corrected chi connectivity index (χ2v) is 3.71. The maximum Gasteiger partial charge on any atom is 0.304 e. The van der Waals surface area contributed by atoms with Gasteiger partial charge in [-0.2, -0.15) is 0 Å². The lowest BCUT2D eigenvalue weighted by atomic mass is 10.3. The maximum atomic E-state index is 11.5. The summed E-state index contributed by atoms with van der Waals surface area (Å²) in [7, 11) is 0. The molecule has 0 radical (unpaired) electrons. The van der Waals surface area contributed by atoms with Crippen LogP contribution in [0.3, 0.4) is 0 Å². The summed E-state index contributed by atoms with van der Waals surface area (Å²) in [5.41, 5.74) is 0. The summed E-state index contributed by atoms with van der Waals surface area (Å²) in [6, 6.07) is 0. The van der Waals surface area contributed by atoms with Gasteiger partial charge in [-0.3, -0.25) is 9.59 Å². The third-order valence-corrected chi connectivity index (χ3v) is 2.70. The zero-order valence-electron chi connectivity index (χ0n) is 9.11. The molecule has 1 aliphatic heterocycles. The predicted molar refractivity (Wildman–Crippen MR) is 55.6 cm³/mol. The van der Waals surface area contributed by atoms with Crippen LogP contribution in [0.5, 0.6) is 0 Å². The summed E-state index contributed by atoms with van der Waals surface area (Å²) in [6.07, 6.45) is 0.660. The van der Waals surface area contributed by atoms with E-state index in [1.165, 1.54) is 0 Å². The van der Waals surface area contributed by atoms with E-state index in [4.69, 9.17) is 5.11 Å². The minimum absolute atomic E-state index is 0.153. The van der Waals surface area contributed by atoms with Crippen molar-refractivity contribution in [1.29, 1.82) is 0 Å². The Kier molecular flexibility index (Phi) is 4.55. The zero-order chi connectivity index (χ0) is 11.3. The molecule has 0 spiro atoms. The Labute approximate surface area is 89.7 Å². The van der Waals surface area contributed by atoms with E-state index in [-0.39, 0.29) is 12.3 Å². The molecular weight excluding hydrogens is 196 g/mol. The predicted octanol–water partition coefficient (Wildman–Crippen LogP) is 0.0153. The van der Waals surface area contributed by atoms with E-state index in [0.717, 1.165) is 19.6 Å². The van der Waals surface area contributed by atoms with Crippen molar-refractivity contribution in [3.63, 3.8) is 0 Å². The summed E-state index contributed by atoms with van der Waals surface area (Å²) >= 11 is 0. The van der Waals surface area contributed by atoms with Crippen molar-refractivity contribution >= 4 is 11.9 Å². The SMILES string of the molecule is CCN1CCN(CCC(=O)O)CCC1=O. The standard InChI is InChI=1S/C10H18N2O3/c1-2-12-8-7-11(5-3-9(12)13)6-4-10(14)15/h2-8H2,1H3,(H,14,15). The van der Waals surface area contributed by atoms with Crippen LogP contribution >= 0.6 is 0 Å². The smallest absolute Gasteiger partial charge is 0.304 e. The Hall–Kier alpha value is -1.10. The second kappa shape index (κ2) is 5.70. The van der Waals surface area contributed by atoms with Gasteiger partial charge in [-0.05, 0) is 6.92 Å². The highest BCUT2D eigenvalue weighted by Crippen LogP contribution is 2.04. The first kappa shape index (κ1) is 12.0. The van der Waals surface area contributed by atoms with Crippen LogP contribution in [0, 0.1) is 0 Å². The van der Waals surface area contributed by atoms with Crippen LogP contribution in [0.15, 0.2) is 0 Å². The van der Waals surface area contributed by atoms with Gasteiger partial charge in [0.2, 0.25) is 5.91 Å². The Morgan fingerprint density at radius 3 is 2.73 bits per heavy atom. The van der Waals surface area contributed by atoms with E-state index in [9.17, 15) is 9.59 Å². The number of hydrogen-bond donors (Lipinski definition) is 1. The molecule has 1 fully saturated rings. The molecule has 0 bridgehead atoms. The molecule has 1 N–H and O–H groups in total. The number of hydrogen-bond acceptors (Lipinski definition) is 3. The largest absolute Gasteiger partial charge is 0.481 e. The van der Waals surface area contributed by atoms with Crippen LogP contribution in [0.4, 0.5) is 0 Å². The van der Waals surface area contributed by atoms with Crippen molar-refractivity contribution in [2.45, 2.75) is 19.8 Å². The Bertz CT molecular complexity index is 243. The molecule has 0 aromatic rings. The average Bonchev–Trinajstić information content (AvgIpc) is 2.37. The van der Waals surface area contributed by atoms with Gasteiger partial charge in [-0.1, -0.05) is 0 Å². The highest BCUT2D eigenvalue weighted by molar-refractivity contribution is 5.76. The number of carbonyl (C=O) groups excluding carboxylic acids is 1. The van der Waals surface area contributed by atoms with Crippen LogP contribution in [0.25, 0.3) is 0 Å². The molecule has 0 aromatic carbocycles. The molecule has 15 heavy (non-hydrogen) atoms. The monoisotopic (exact) mass is 214 g/mol. The van der Waals surface area contributed by atoms with Crippen molar-refractivity contribution in [3.8, 4) is 0 Å². The molecule has 0 aliphatic carbocycles. The van der Waals surface area contributed by atoms with Crippen LogP contribution < -0.4 is 0 Å². The average molecular weight is 214 g/mol. The molecule has 1 heterocycles. The molecule has 0 unspecified atom stereocenters. The number of rotatable bonds is 4. The highest BCUT2D eigenvalue weighted by Gasteiger charge is 2.19. The highest BCUT2D eigenvalue weighted by atomic mass is 16.4. The number of carbonyl (C=O) groups is 2. The molecule has 1 rings (SSSR count). The quantitative estimate of drug-likeness (QED) is 0.716. The van der Waals surface area contributed by atoms with Crippen molar-refractivity contribution in [1.82, 2.24) is 9.80 Å². The zero-order valence-corrected chi connectivity index (χ0v) is 9.11. The Morgan fingerprint density at radius 2 is 2.13 bits per heavy atom. The molecule has 86 valence electrons. The van der Waals surface area contributed by atoms with Crippen LogP contribution in [0.2, 0.25) is 0 Å². The third kappa shape index (κ3) is 3.87. The molecule has 0 aromatic heterocycles. The van der Waals surface area contributed by atoms with Crippen LogP contribution in [-0.4, -0.2) is 59.5 Å². The van der Waals surface area contributed by atoms with E-state index >= 15 is 0 Å². The van der Waals surface area contributed by atoms with Gasteiger partial charge in [0, 0.05) is 39.1 Å². The van der Waals surface area contributed by atoms with Gasteiger partial charge in [0.05, 0.1) is 6.42 Å². The summed E-state index contributed by atoms with van der Waals surface area (Å²) in [6.45, 7) is 5.43. The number of amides is 1. The molecule has 0 atom stereocenters. The van der Waals surface area contributed by atoms with E-state index in [2.05, 4.69) is 0 Å². The number of likely N-dealkylation sites (N-methyl/N-ethyl adjacent to an activating group) is 1. The first-order valence-electron chi connectivity index (χ1n) is 5.35. The molecule has 1 saturated heterocycles. The van der Waals surface area contributed by atoms with Crippen LogP contribution in [-0.2, 0) is 9.59 Å². The molecule has 5 nitrogen and oxygen atoms in total. The molecule has 1 amide bonds. The van der Waals surface area contributed by atoms with E-state index in [1.807, 2.05) is 16.7 Å². The van der Waals surface area contributed by atoms with Crippen molar-refractivity contribution < 1.29 is 14.7 Å². The molecule has 0 saturated carbocycles. The van der Waals surface area contributed by atoms with Crippen molar-refractivity contribution in [2.75, 3.05) is 32.7 Å². The molecule has 1 aliphatic rings. The van der Waals surface area contributed by atoms with E-state index < -0.39 is 5.97 Å². The normalized spacial score (nSPS) is 19.0. The Morgan fingerprint density at radius 1 is 1.40 bits per heavy atom. The second-order valence-electron chi connectivity index (χ2n) is 3.71. The Balaban J connectivity index is 2.38. The maximum absolute atomic E-state index is 11.5. The minimum Gasteiger partial charge on any atom is -0.481 e. The summed E-state index contributed by atoms with van der Waals surface area (Å²) < 4.78 is 0. The van der Waals surface area contributed by atoms with Gasteiger partial charge < -0.3 is 14.9 Å². The lowest BCUT2D eigenvalue weighted by Gasteiger charge is -2.20. The van der Waals surface area contributed by atoms with Gasteiger partial charge in [-0.25, -0.2) is 0 Å². The first-order valence-corrected chi connectivity index (χ1v) is 5.35. The first-order chi connectivity index (χ1) is 7.13. The molecule has 5 heteroatoms. The lowest BCUT2D eigenvalue weighted by Crippen LogP contribution is -2.33. The van der Waals surface area contributed by atoms with E-state index in [1.54, 1.807) is 0 Å². The lowest BCUT2D eigenvalue weighted by molar-refractivity contribution is -0.137. The van der Waals surface area contributed by atoms with Gasteiger partial charge in [0.25, 0.3) is 0 Å². The fourth-order valence-electron chi connectivity index (χ4n) is 1.72. The topological polar surface area (TPSA) is 60.9 Å². The minimum atomic E-state index is -0.780. The van der Waals surface area contributed by atoms with Crippen molar-refractivity contribution in [2.24, 2.45) is 0 Å². The number of carboxylic acid groups (broad SMARTS) is 1. The third-order valence-electron chi connectivity index (χ3n) is 2.70. The van der Waals surface area contributed by atoms with Gasteiger partial charge in [-0.15, -0.1) is 0 Å². The van der Waals surface area contributed by atoms with Gasteiger partial charge >= 0.3 is 5.97 Å². The van der Waals surface area contributed by atoms with Crippen molar-refractivity contribution in [3.05, 3.63) is 0 Å². The number of nitrogens with zero attached hydrogens (tertiary/aromatic N) is 2. The van der Waals surface area contributed by atoms with Crippen LogP contribution in [0.1, 0.15) is 19.8 Å².